The molecule has 5 aromatic carbocycles. The van der Waals surface area contributed by atoms with E-state index in [9.17, 15) is 0 Å². The zero-order valence-corrected chi connectivity index (χ0v) is 43.6. The van der Waals surface area contributed by atoms with Gasteiger partial charge in [0.2, 0.25) is 0 Å². The Hall–Kier alpha value is -4.70. The average Bonchev–Trinajstić information content (AvgIpc) is 3.60. The molecule has 66 heavy (non-hydrogen) atoms. The van der Waals surface area contributed by atoms with E-state index in [-0.39, 0.29) is 44.6 Å². The summed E-state index contributed by atoms with van der Waals surface area (Å²) >= 11 is 0. The smallest absolute Gasteiger partial charge is 0.297 e. The molecule has 0 fully saturated rings. The quantitative estimate of drug-likeness (QED) is 0.161. The number of hydrogen-bond acceptors (Lipinski definition) is 3. The molecule has 5 aliphatic rings. The second-order valence-corrected chi connectivity index (χ2v) is 26.8. The van der Waals surface area contributed by atoms with Gasteiger partial charge in [-0.3, -0.25) is 0 Å². The molecule has 3 aliphatic carbocycles. The van der Waals surface area contributed by atoms with Gasteiger partial charge < -0.3 is 14.2 Å². The summed E-state index contributed by atoms with van der Waals surface area (Å²) in [6.07, 6.45) is 7.06. The van der Waals surface area contributed by atoms with Crippen LogP contribution in [0.25, 0.3) is 11.0 Å². The second kappa shape index (κ2) is 13.5. The number of fused-ring (bicyclic) bond motifs is 9. The van der Waals surface area contributed by atoms with Crippen LogP contribution in [0, 0.1) is 13.8 Å². The largest absolute Gasteiger partial charge is 0.468 e. The first-order chi connectivity index (χ1) is 30.6. The Kier molecular flexibility index (Phi) is 8.97. The maximum Gasteiger partial charge on any atom is 0.297 e. The highest BCUT2D eigenvalue weighted by Crippen LogP contribution is 2.55. The molecule has 0 amide bonds. The Morgan fingerprint density at radius 1 is 0.485 bits per heavy atom. The Balaban J connectivity index is 1.28. The lowest BCUT2D eigenvalue weighted by molar-refractivity contribution is 0.332. The van der Waals surface area contributed by atoms with E-state index in [1.54, 1.807) is 0 Å². The summed E-state index contributed by atoms with van der Waals surface area (Å²) in [5.74, 6) is 0. The van der Waals surface area contributed by atoms with Crippen molar-refractivity contribution in [3.8, 4) is 0 Å². The fourth-order valence-corrected chi connectivity index (χ4v) is 13.4. The van der Waals surface area contributed by atoms with Gasteiger partial charge in [-0.05, 0) is 200 Å². The molecular weight excluding hydrogens is 800 g/mol. The molecule has 1 aromatic heterocycles. The van der Waals surface area contributed by atoms with Crippen LogP contribution in [0.1, 0.15) is 192 Å². The van der Waals surface area contributed by atoms with Gasteiger partial charge in [0.05, 0.1) is 11.3 Å². The molecule has 0 N–H and O–H groups in total. The van der Waals surface area contributed by atoms with Gasteiger partial charge in [0.25, 0.3) is 6.71 Å². The van der Waals surface area contributed by atoms with Gasteiger partial charge in [-0.15, -0.1) is 0 Å². The van der Waals surface area contributed by atoms with Crippen LogP contribution in [0.15, 0.2) is 77.2 Å². The zero-order valence-electron chi connectivity index (χ0n) is 43.6. The zero-order chi connectivity index (χ0) is 47.2. The van der Waals surface area contributed by atoms with Gasteiger partial charge >= 0.3 is 0 Å². The summed E-state index contributed by atoms with van der Waals surface area (Å²) in [7, 11) is 0. The first-order valence-corrected chi connectivity index (χ1v) is 25.4. The Bertz CT molecular complexity index is 3070. The molecule has 4 heteroatoms. The normalized spacial score (nSPS) is 21.1. The summed E-state index contributed by atoms with van der Waals surface area (Å²) in [6.45, 7) is 41.1. The van der Waals surface area contributed by atoms with Gasteiger partial charge in [-0.25, -0.2) is 0 Å². The van der Waals surface area contributed by atoms with E-state index in [1.165, 1.54) is 139 Å². The summed E-state index contributed by atoms with van der Waals surface area (Å²) in [5.41, 5.74) is 25.5. The molecule has 0 radical (unpaired) electrons. The number of rotatable bonds is 2. The van der Waals surface area contributed by atoms with Crippen molar-refractivity contribution in [3.05, 3.63) is 123 Å². The molecule has 0 unspecified atom stereocenters. The lowest BCUT2D eigenvalue weighted by Gasteiger charge is -2.47. The van der Waals surface area contributed by atoms with E-state index >= 15 is 0 Å². The third-order valence-corrected chi connectivity index (χ3v) is 18.1. The summed E-state index contributed by atoms with van der Waals surface area (Å²) in [6, 6.07) is 30.0. The molecule has 2 aliphatic heterocycles. The first-order valence-electron chi connectivity index (χ1n) is 25.4. The fourth-order valence-electron chi connectivity index (χ4n) is 13.4. The molecule has 342 valence electrons. The minimum absolute atomic E-state index is 0.0358. The minimum Gasteiger partial charge on any atom is -0.468 e. The maximum atomic E-state index is 7.67. The molecule has 6 aromatic rings. The molecule has 0 saturated heterocycles. The fraction of sp³-hybridized carbons (Fsp3) is 0.484. The van der Waals surface area contributed by atoms with Gasteiger partial charge in [-0.1, -0.05) is 128 Å². The number of furan rings is 1. The molecule has 3 heterocycles. The van der Waals surface area contributed by atoms with Crippen molar-refractivity contribution < 1.29 is 4.42 Å². The van der Waals surface area contributed by atoms with E-state index in [2.05, 4.69) is 200 Å². The number of nitrogens with zero attached hydrogens (tertiary/aromatic N) is 2. The standard InChI is InChI=1S/C62H75BN2O/c1-36-28-50-53-51(29-36)65(48-21-18-38(30-37(48)2)56(3,4)5)54-40-32-43-46(62(16,17)27-24-59(43,10)11)35-52(40)66-55(54)63(53)47-33-44-45(61(14,15)26-25-60(44,12)13)34-49(47)64(50)39-19-20-41-42(31-39)58(8,9)23-22-57(41,6)7/h18-21,28-35H,22-27H2,1-17H3. The minimum atomic E-state index is -0.0909. The molecule has 0 spiro atoms. The van der Waals surface area contributed by atoms with Crippen molar-refractivity contribution in [3.63, 3.8) is 0 Å². The van der Waals surface area contributed by atoms with Crippen molar-refractivity contribution >= 4 is 68.4 Å². The van der Waals surface area contributed by atoms with Crippen LogP contribution in [0.3, 0.4) is 0 Å². The van der Waals surface area contributed by atoms with E-state index in [0.29, 0.717) is 0 Å². The van der Waals surface area contributed by atoms with E-state index in [4.69, 9.17) is 4.42 Å². The predicted octanol–water partition coefficient (Wildman–Crippen LogP) is 15.5. The molecule has 3 nitrogen and oxygen atoms in total. The van der Waals surface area contributed by atoms with Gasteiger partial charge in [0.1, 0.15) is 5.58 Å². The SMILES string of the molecule is Cc1cc2c3c(c1)N(c1ccc(C(C)(C)C)cc1C)c1c(oc4cc5c(cc14)C(C)(C)CCC5(C)C)B3c1cc3c(cc1N2c1ccc2c(c1)C(C)(C)CCC2(C)C)C(C)(C)CCC3(C)C. The van der Waals surface area contributed by atoms with Crippen LogP contribution in [0.2, 0.25) is 0 Å². The summed E-state index contributed by atoms with van der Waals surface area (Å²) in [5, 5.41) is 1.23. The maximum absolute atomic E-state index is 7.67. The number of aryl methyl sites for hydroxylation is 2. The summed E-state index contributed by atoms with van der Waals surface area (Å²) < 4.78 is 7.67. The van der Waals surface area contributed by atoms with E-state index in [1.807, 2.05) is 0 Å². The van der Waals surface area contributed by atoms with E-state index < -0.39 is 0 Å². The van der Waals surface area contributed by atoms with Gasteiger partial charge in [0.15, 0.2) is 0 Å². The highest BCUT2D eigenvalue weighted by Gasteiger charge is 2.50. The Labute approximate surface area is 397 Å². The van der Waals surface area contributed by atoms with Gasteiger partial charge in [0, 0.05) is 33.8 Å². The number of hydrogen-bond donors (Lipinski definition) is 0. The highest BCUT2D eigenvalue weighted by atomic mass is 16.3. The van der Waals surface area contributed by atoms with Crippen LogP contribution in [0.4, 0.5) is 34.1 Å². The lowest BCUT2D eigenvalue weighted by atomic mass is 9.35. The van der Waals surface area contributed by atoms with E-state index in [0.717, 1.165) is 11.2 Å². The number of benzene rings is 5. The lowest BCUT2D eigenvalue weighted by Crippen LogP contribution is -2.61. The Morgan fingerprint density at radius 3 is 1.55 bits per heavy atom. The molecule has 0 bridgehead atoms. The van der Waals surface area contributed by atoms with Crippen LogP contribution >= 0.6 is 0 Å². The van der Waals surface area contributed by atoms with Crippen LogP contribution in [0.5, 0.6) is 0 Å². The molecule has 0 saturated carbocycles. The second-order valence-electron chi connectivity index (χ2n) is 26.8. The Morgan fingerprint density at radius 2 is 0.985 bits per heavy atom. The highest BCUT2D eigenvalue weighted by molar-refractivity contribution is 7.00. The summed E-state index contributed by atoms with van der Waals surface area (Å²) in [4.78, 5) is 5.31. The molecular formula is C62H75BN2O. The molecule has 0 atom stereocenters. The predicted molar refractivity (Wildman–Crippen MR) is 284 cm³/mol. The van der Waals surface area contributed by atoms with Crippen LogP contribution in [-0.4, -0.2) is 6.71 Å². The number of anilines is 6. The van der Waals surface area contributed by atoms with Crippen molar-refractivity contribution in [1.29, 1.82) is 0 Å². The van der Waals surface area contributed by atoms with Crippen LogP contribution in [-0.2, 0) is 37.9 Å². The van der Waals surface area contributed by atoms with Crippen molar-refractivity contribution in [1.82, 2.24) is 0 Å². The monoisotopic (exact) mass is 875 g/mol. The van der Waals surface area contributed by atoms with Gasteiger partial charge in [-0.2, -0.15) is 0 Å². The van der Waals surface area contributed by atoms with Crippen molar-refractivity contribution in [2.24, 2.45) is 0 Å². The molecule has 11 rings (SSSR count). The third kappa shape index (κ3) is 6.20. The van der Waals surface area contributed by atoms with Crippen molar-refractivity contribution in [2.75, 3.05) is 9.80 Å². The van der Waals surface area contributed by atoms with Crippen LogP contribution < -0.4 is 26.4 Å². The average molecular weight is 875 g/mol. The topological polar surface area (TPSA) is 19.6 Å². The third-order valence-electron chi connectivity index (χ3n) is 18.1. The first kappa shape index (κ1) is 43.8. The van der Waals surface area contributed by atoms with Crippen molar-refractivity contribution in [2.45, 2.75) is 194 Å².